The number of primary amides is 1. The van der Waals surface area contributed by atoms with Gasteiger partial charge in [0.1, 0.15) is 6.10 Å². The van der Waals surface area contributed by atoms with Crippen LogP contribution in [-0.2, 0) is 38.1 Å². The van der Waals surface area contributed by atoms with Gasteiger partial charge in [-0.15, -0.1) is 0 Å². The van der Waals surface area contributed by atoms with Crippen LogP contribution in [0.2, 0.25) is 0 Å². The van der Waals surface area contributed by atoms with Crippen molar-refractivity contribution in [3.05, 3.63) is 58.9 Å². The summed E-state index contributed by atoms with van der Waals surface area (Å²) in [6, 6.07) is 0. The molecule has 226 valence electrons. The van der Waals surface area contributed by atoms with Crippen LogP contribution in [0.25, 0.3) is 0 Å². The zero-order valence-corrected chi connectivity index (χ0v) is 25.0. The Hall–Kier alpha value is -3.38. The number of hydrogen-bond acceptors (Lipinski definition) is 9. The molecule has 2 bridgehead atoms. The molecule has 0 aromatic rings. The Morgan fingerprint density at radius 3 is 2.20 bits per heavy atom. The summed E-state index contributed by atoms with van der Waals surface area (Å²) >= 11 is 0. The van der Waals surface area contributed by atoms with Crippen molar-refractivity contribution in [2.45, 2.75) is 64.6 Å². The van der Waals surface area contributed by atoms with Gasteiger partial charge in [0, 0.05) is 51.6 Å². The van der Waals surface area contributed by atoms with E-state index >= 15 is 0 Å². The smallest absolute Gasteiger partial charge is 0.405 e. The summed E-state index contributed by atoms with van der Waals surface area (Å²) in [5.41, 5.74) is 6.29. The molecule has 0 fully saturated rings. The molecular weight excluding hydrogens is 532 g/mol. The lowest BCUT2D eigenvalue weighted by Crippen LogP contribution is -2.41. The Labute approximate surface area is 241 Å². The number of ether oxygens (including phenoxy) is 5. The van der Waals surface area contributed by atoms with Crippen molar-refractivity contribution in [1.29, 1.82) is 0 Å². The van der Waals surface area contributed by atoms with E-state index in [-0.39, 0.29) is 28.7 Å². The third-order valence-electron chi connectivity index (χ3n) is 7.27. The maximum atomic E-state index is 13.4. The number of methoxy groups -OCH3 is 4. The van der Waals surface area contributed by atoms with Gasteiger partial charge in [0.15, 0.2) is 11.9 Å². The summed E-state index contributed by atoms with van der Waals surface area (Å²) in [6.45, 7) is 7.17. The number of carbonyl (C=O) groups is 4. The molecule has 0 radical (unpaired) electrons. The van der Waals surface area contributed by atoms with Gasteiger partial charge in [0.2, 0.25) is 5.78 Å². The fourth-order valence-corrected chi connectivity index (χ4v) is 5.21. The second kappa shape index (κ2) is 15.6. The van der Waals surface area contributed by atoms with E-state index in [9.17, 15) is 19.2 Å². The first-order valence-corrected chi connectivity index (χ1v) is 13.3. The molecule has 11 heteroatoms. The van der Waals surface area contributed by atoms with E-state index in [1.807, 2.05) is 19.9 Å². The maximum absolute atomic E-state index is 13.4. The fraction of sp³-hybridized carbons (Fsp3) is 0.533. The second-order valence-corrected chi connectivity index (χ2v) is 10.2. The van der Waals surface area contributed by atoms with Gasteiger partial charge < -0.3 is 34.7 Å². The van der Waals surface area contributed by atoms with Gasteiger partial charge in [-0.1, -0.05) is 38.2 Å². The van der Waals surface area contributed by atoms with Gasteiger partial charge in [0.05, 0.1) is 24.0 Å². The second-order valence-electron chi connectivity index (χ2n) is 10.2. The number of nitrogens with two attached hydrogens (primary N) is 1. The Morgan fingerprint density at radius 2 is 1.63 bits per heavy atom. The number of Topliss-reactive ketones (excluding diaryl/α,β-unsaturated/α-hetero) is 1. The Balaban J connectivity index is 2.66. The number of allylic oxidation sites excluding steroid dienone is 5. The van der Waals surface area contributed by atoms with Crippen molar-refractivity contribution >= 4 is 23.6 Å². The highest BCUT2D eigenvalue weighted by Gasteiger charge is 2.36. The van der Waals surface area contributed by atoms with Gasteiger partial charge >= 0.3 is 6.09 Å². The highest BCUT2D eigenvalue weighted by molar-refractivity contribution is 6.22. The zero-order chi connectivity index (χ0) is 30.9. The number of ketones is 2. The van der Waals surface area contributed by atoms with Crippen LogP contribution in [0, 0.1) is 11.8 Å². The lowest BCUT2D eigenvalue weighted by Gasteiger charge is -2.34. The molecule has 1 heterocycles. The lowest BCUT2D eigenvalue weighted by atomic mass is 9.84. The van der Waals surface area contributed by atoms with Crippen molar-refractivity contribution in [2.24, 2.45) is 17.6 Å². The predicted octanol–water partition coefficient (Wildman–Crippen LogP) is 2.71. The van der Waals surface area contributed by atoms with E-state index in [0.717, 1.165) is 6.08 Å². The molecule has 0 saturated carbocycles. The summed E-state index contributed by atoms with van der Waals surface area (Å²) in [7, 11) is 6.05. The summed E-state index contributed by atoms with van der Waals surface area (Å²) in [4.78, 5) is 50.6. The molecular formula is C30H42N2O9. The number of fused-ring (bicyclic) bond motifs is 2. The lowest BCUT2D eigenvalue weighted by molar-refractivity contribution is -0.120. The molecule has 0 unspecified atom stereocenters. The monoisotopic (exact) mass is 574 g/mol. The van der Waals surface area contributed by atoms with Gasteiger partial charge in [0.25, 0.3) is 5.91 Å². The van der Waals surface area contributed by atoms with Gasteiger partial charge in [-0.05, 0) is 37.8 Å². The molecule has 0 aromatic carbocycles. The average molecular weight is 575 g/mol. The van der Waals surface area contributed by atoms with Crippen molar-refractivity contribution in [3.8, 4) is 0 Å². The molecule has 1 aliphatic carbocycles. The normalized spacial score (nSPS) is 33.9. The Kier molecular flexibility index (Phi) is 12.8. The van der Waals surface area contributed by atoms with Crippen molar-refractivity contribution in [1.82, 2.24) is 5.32 Å². The standard InChI is InChI=1S/C30H42N2O9/c1-16-10-9-11-23(37-5)28(41-30(31)36)18(3)12-17(2)27(40-8)24(38-6)13-19(4)26(39-7)21-14-20(33)15-22(25(21)34)32-29(16)35/h9-12,14-15,17,19,23-24,26-28H,13H2,1-8H3,(H2,31,36)(H,32,35)/b11-9-,16-10+,18-12+/t17-,19-,23+,24-,26+,27+,28-/m0/s1. The van der Waals surface area contributed by atoms with E-state index in [0.29, 0.717) is 12.0 Å². The minimum Gasteiger partial charge on any atom is -0.439 e. The van der Waals surface area contributed by atoms with Gasteiger partial charge in [-0.25, -0.2) is 4.79 Å². The van der Waals surface area contributed by atoms with Crippen LogP contribution in [0.1, 0.15) is 34.1 Å². The van der Waals surface area contributed by atoms with Crippen LogP contribution in [0.5, 0.6) is 0 Å². The third kappa shape index (κ3) is 8.80. The first-order valence-electron chi connectivity index (χ1n) is 13.3. The zero-order valence-electron chi connectivity index (χ0n) is 25.0. The van der Waals surface area contributed by atoms with Crippen LogP contribution in [0.3, 0.4) is 0 Å². The summed E-state index contributed by atoms with van der Waals surface area (Å²) in [5.74, 6) is -2.04. The van der Waals surface area contributed by atoms with Gasteiger partial charge in [-0.2, -0.15) is 0 Å². The molecule has 2 rings (SSSR count). The van der Waals surface area contributed by atoms with E-state index < -0.39 is 54.1 Å². The molecule has 2 amide bonds. The van der Waals surface area contributed by atoms with Crippen molar-refractivity contribution < 1.29 is 42.9 Å². The first-order chi connectivity index (χ1) is 19.4. The van der Waals surface area contributed by atoms with Crippen LogP contribution < -0.4 is 11.1 Å². The van der Waals surface area contributed by atoms with Crippen molar-refractivity contribution in [3.63, 3.8) is 0 Å². The predicted molar refractivity (Wildman–Crippen MR) is 152 cm³/mol. The molecule has 11 nitrogen and oxygen atoms in total. The molecule has 2 aliphatic rings. The van der Waals surface area contributed by atoms with Crippen LogP contribution >= 0.6 is 0 Å². The van der Waals surface area contributed by atoms with E-state index in [1.54, 1.807) is 40.2 Å². The van der Waals surface area contributed by atoms with Crippen LogP contribution in [0.4, 0.5) is 4.79 Å². The minimum atomic E-state index is -0.972. The van der Waals surface area contributed by atoms with E-state index in [1.165, 1.54) is 26.4 Å². The summed E-state index contributed by atoms with van der Waals surface area (Å²) < 4.78 is 28.4. The van der Waals surface area contributed by atoms with Crippen molar-refractivity contribution in [2.75, 3.05) is 28.4 Å². The topological polar surface area (TPSA) is 152 Å². The maximum Gasteiger partial charge on any atom is 0.405 e. The molecule has 0 saturated heterocycles. The SMILES string of the molecule is CO[C@H]1[C@@H](OC)C[C@H](C)[C@@H](OC)C2=CC(=O)C=C(NC(=O)/C(C)=C/C=C\[C@@H](OC)[C@@H](OC(N)=O)/C(C)=C/[C@@H]1C)C2=O. The van der Waals surface area contributed by atoms with Crippen LogP contribution in [-0.4, -0.2) is 82.5 Å². The van der Waals surface area contributed by atoms with Crippen LogP contribution in [0.15, 0.2) is 58.9 Å². The molecule has 7 atom stereocenters. The minimum absolute atomic E-state index is 0.141. The van der Waals surface area contributed by atoms with E-state index in [4.69, 9.17) is 29.4 Å². The molecule has 1 aliphatic heterocycles. The van der Waals surface area contributed by atoms with Gasteiger partial charge in [-0.3, -0.25) is 14.4 Å². The molecule has 41 heavy (non-hydrogen) atoms. The summed E-state index contributed by atoms with van der Waals surface area (Å²) in [6.07, 6.45) is 5.11. The number of carbonyl (C=O) groups excluding carboxylic acids is 4. The quantitative estimate of drug-likeness (QED) is 0.373. The third-order valence-corrected chi connectivity index (χ3v) is 7.27. The molecule has 0 aromatic heterocycles. The number of amides is 2. The number of rotatable bonds is 5. The summed E-state index contributed by atoms with van der Waals surface area (Å²) in [5, 5.41) is 2.54. The number of nitrogens with one attached hydrogen (secondary N) is 1. The Bertz CT molecular complexity index is 1150. The Morgan fingerprint density at radius 1 is 0.951 bits per heavy atom. The molecule has 3 N–H and O–H groups in total. The highest BCUT2D eigenvalue weighted by Crippen LogP contribution is 2.30. The average Bonchev–Trinajstić information content (AvgIpc) is 2.91. The fourth-order valence-electron chi connectivity index (χ4n) is 5.21. The van der Waals surface area contributed by atoms with E-state index in [2.05, 4.69) is 5.32 Å². The number of hydrogen-bond donors (Lipinski definition) is 2. The molecule has 0 spiro atoms. The highest BCUT2D eigenvalue weighted by atomic mass is 16.6. The largest absolute Gasteiger partial charge is 0.439 e. The first kappa shape index (κ1) is 33.8.